The Hall–Kier alpha value is -0.550. The van der Waals surface area contributed by atoms with E-state index < -0.39 is 0 Å². The fourth-order valence-electron chi connectivity index (χ4n) is 0.897. The van der Waals surface area contributed by atoms with Gasteiger partial charge in [0.15, 0.2) is 5.96 Å². The second kappa shape index (κ2) is 5.24. The van der Waals surface area contributed by atoms with Crippen LogP contribution in [0.5, 0.6) is 0 Å². The summed E-state index contributed by atoms with van der Waals surface area (Å²) in [4.78, 5) is 5.30. The monoisotopic (exact) mass is 261 g/mol. The van der Waals surface area contributed by atoms with E-state index in [9.17, 15) is 0 Å². The fourth-order valence-corrected chi connectivity index (χ4v) is 2.32. The van der Waals surface area contributed by atoms with E-state index in [0.29, 0.717) is 0 Å². The van der Waals surface area contributed by atoms with Crippen LogP contribution in [-0.2, 0) is 6.54 Å². The maximum absolute atomic E-state index is 4.02. The van der Waals surface area contributed by atoms with Crippen molar-refractivity contribution in [2.75, 3.05) is 14.1 Å². The van der Waals surface area contributed by atoms with Crippen LogP contribution in [-0.4, -0.2) is 20.1 Å². The van der Waals surface area contributed by atoms with Gasteiger partial charge in [-0.15, -0.1) is 11.3 Å². The summed E-state index contributed by atoms with van der Waals surface area (Å²) in [7, 11) is 3.60. The number of hydrogen-bond acceptors (Lipinski definition) is 2. The highest BCUT2D eigenvalue weighted by Crippen LogP contribution is 2.21. The maximum Gasteiger partial charge on any atom is 0.191 e. The van der Waals surface area contributed by atoms with Crippen LogP contribution in [0.4, 0.5) is 0 Å². The molecule has 1 rings (SSSR count). The van der Waals surface area contributed by atoms with Gasteiger partial charge in [0.2, 0.25) is 0 Å². The molecule has 3 nitrogen and oxygen atoms in total. The second-order valence-electron chi connectivity index (χ2n) is 2.38. The molecule has 0 aliphatic heterocycles. The number of nitrogens with zero attached hydrogens (tertiary/aromatic N) is 1. The summed E-state index contributed by atoms with van der Waals surface area (Å²) in [5.41, 5.74) is 0. The van der Waals surface area contributed by atoms with E-state index in [1.165, 1.54) is 4.88 Å². The molecular weight excluding hydrogens is 250 g/mol. The Labute approximate surface area is 90.4 Å². The van der Waals surface area contributed by atoms with Crippen molar-refractivity contribution in [2.24, 2.45) is 4.99 Å². The Balaban J connectivity index is 2.43. The molecule has 0 saturated carbocycles. The molecule has 0 radical (unpaired) electrons. The van der Waals surface area contributed by atoms with Crippen molar-refractivity contribution in [3.63, 3.8) is 0 Å². The first-order chi connectivity index (χ1) is 6.26. The minimum atomic E-state index is 0.809. The molecule has 13 heavy (non-hydrogen) atoms. The minimum absolute atomic E-state index is 0.809. The molecule has 2 N–H and O–H groups in total. The van der Waals surface area contributed by atoms with Crippen molar-refractivity contribution >= 4 is 33.2 Å². The van der Waals surface area contributed by atoms with E-state index in [0.717, 1.165) is 16.3 Å². The van der Waals surface area contributed by atoms with Crippen molar-refractivity contribution in [1.29, 1.82) is 0 Å². The van der Waals surface area contributed by atoms with Crippen molar-refractivity contribution in [3.05, 3.63) is 20.8 Å². The molecule has 1 aromatic heterocycles. The summed E-state index contributed by atoms with van der Waals surface area (Å²) in [5, 5.41) is 6.14. The van der Waals surface area contributed by atoms with Gasteiger partial charge < -0.3 is 10.6 Å². The largest absolute Gasteiger partial charge is 0.359 e. The molecule has 72 valence electrons. The van der Waals surface area contributed by atoms with Crippen molar-refractivity contribution in [2.45, 2.75) is 6.54 Å². The van der Waals surface area contributed by atoms with Gasteiger partial charge in [0, 0.05) is 19.0 Å². The quantitative estimate of drug-likeness (QED) is 0.630. The zero-order valence-corrected chi connectivity index (χ0v) is 10.00. The van der Waals surface area contributed by atoms with Gasteiger partial charge in [-0.3, -0.25) is 4.99 Å². The summed E-state index contributed by atoms with van der Waals surface area (Å²) < 4.78 is 1.16. The van der Waals surface area contributed by atoms with Crippen molar-refractivity contribution in [3.8, 4) is 0 Å². The molecule has 0 unspecified atom stereocenters. The average Bonchev–Trinajstić information content (AvgIpc) is 2.53. The Kier molecular flexibility index (Phi) is 4.24. The number of rotatable bonds is 2. The SMILES string of the molecule is CN=C(NC)NCc1ccc(Br)s1. The summed E-state index contributed by atoms with van der Waals surface area (Å²) in [6.45, 7) is 0.809. The molecule has 0 aliphatic carbocycles. The molecule has 0 spiro atoms. The molecule has 0 fully saturated rings. The summed E-state index contributed by atoms with van der Waals surface area (Å²) in [6, 6.07) is 4.13. The van der Waals surface area contributed by atoms with Gasteiger partial charge in [-0.2, -0.15) is 0 Å². The van der Waals surface area contributed by atoms with Crippen LogP contribution in [0.15, 0.2) is 20.9 Å². The highest BCUT2D eigenvalue weighted by molar-refractivity contribution is 9.11. The standard InChI is InChI=1S/C8H12BrN3S/c1-10-8(11-2)12-5-6-3-4-7(9)13-6/h3-4H,5H2,1-2H3,(H2,10,11,12). The normalized spacial score (nSPS) is 11.5. The smallest absolute Gasteiger partial charge is 0.191 e. The first-order valence-electron chi connectivity index (χ1n) is 3.89. The number of guanidine groups is 1. The third-order valence-electron chi connectivity index (χ3n) is 1.52. The van der Waals surface area contributed by atoms with Gasteiger partial charge in [-0.1, -0.05) is 0 Å². The van der Waals surface area contributed by atoms with Gasteiger partial charge in [0.05, 0.1) is 10.3 Å². The van der Waals surface area contributed by atoms with Crippen LogP contribution in [0.3, 0.4) is 0 Å². The van der Waals surface area contributed by atoms with Crippen molar-refractivity contribution in [1.82, 2.24) is 10.6 Å². The molecular formula is C8H12BrN3S. The van der Waals surface area contributed by atoms with Crippen LogP contribution in [0.25, 0.3) is 0 Å². The Bertz CT molecular complexity index is 295. The van der Waals surface area contributed by atoms with E-state index in [2.05, 4.69) is 37.6 Å². The van der Waals surface area contributed by atoms with E-state index in [1.807, 2.05) is 13.1 Å². The molecule has 0 aromatic carbocycles. The van der Waals surface area contributed by atoms with Crippen LogP contribution in [0.1, 0.15) is 4.88 Å². The lowest BCUT2D eigenvalue weighted by atomic mass is 10.5. The van der Waals surface area contributed by atoms with Gasteiger partial charge >= 0.3 is 0 Å². The molecule has 0 saturated heterocycles. The lowest BCUT2D eigenvalue weighted by Gasteiger charge is -2.06. The number of thiophene rings is 1. The number of nitrogens with one attached hydrogen (secondary N) is 2. The van der Waals surface area contributed by atoms with Gasteiger partial charge in [0.1, 0.15) is 0 Å². The average molecular weight is 262 g/mol. The highest BCUT2D eigenvalue weighted by Gasteiger charge is 1.98. The minimum Gasteiger partial charge on any atom is -0.359 e. The van der Waals surface area contributed by atoms with Crippen LogP contribution in [0, 0.1) is 0 Å². The fraction of sp³-hybridized carbons (Fsp3) is 0.375. The first-order valence-corrected chi connectivity index (χ1v) is 5.50. The first kappa shape index (κ1) is 10.5. The van der Waals surface area contributed by atoms with E-state index in [4.69, 9.17) is 0 Å². The summed E-state index contributed by atoms with van der Waals surface area (Å²) in [5.74, 6) is 0.810. The topological polar surface area (TPSA) is 36.4 Å². The van der Waals surface area contributed by atoms with Crippen LogP contribution < -0.4 is 10.6 Å². The second-order valence-corrected chi connectivity index (χ2v) is 4.93. The van der Waals surface area contributed by atoms with Gasteiger partial charge in [-0.05, 0) is 28.1 Å². The highest BCUT2D eigenvalue weighted by atomic mass is 79.9. The van der Waals surface area contributed by atoms with Crippen LogP contribution >= 0.6 is 27.3 Å². The van der Waals surface area contributed by atoms with E-state index >= 15 is 0 Å². The predicted octanol–water partition coefficient (Wildman–Crippen LogP) is 1.81. The lowest BCUT2D eigenvalue weighted by molar-refractivity contribution is 0.879. The third kappa shape index (κ3) is 3.36. The maximum atomic E-state index is 4.02. The van der Waals surface area contributed by atoms with E-state index in [1.54, 1.807) is 18.4 Å². The van der Waals surface area contributed by atoms with E-state index in [-0.39, 0.29) is 0 Å². The molecule has 1 aromatic rings. The number of halogens is 1. The summed E-state index contributed by atoms with van der Waals surface area (Å²) in [6.07, 6.45) is 0. The molecule has 0 bridgehead atoms. The molecule has 0 atom stereocenters. The summed E-state index contributed by atoms with van der Waals surface area (Å²) >= 11 is 5.14. The zero-order chi connectivity index (χ0) is 9.68. The molecule has 0 amide bonds. The molecule has 1 heterocycles. The number of hydrogen-bond donors (Lipinski definition) is 2. The van der Waals surface area contributed by atoms with Crippen LogP contribution in [0.2, 0.25) is 0 Å². The van der Waals surface area contributed by atoms with Gasteiger partial charge in [-0.25, -0.2) is 0 Å². The predicted molar refractivity (Wildman–Crippen MR) is 61.3 cm³/mol. The number of aliphatic imine (C=N–C) groups is 1. The van der Waals surface area contributed by atoms with Crippen molar-refractivity contribution < 1.29 is 0 Å². The Morgan fingerprint density at radius 1 is 1.62 bits per heavy atom. The van der Waals surface area contributed by atoms with Gasteiger partial charge in [0.25, 0.3) is 0 Å². The third-order valence-corrected chi connectivity index (χ3v) is 3.14. The molecule has 0 aliphatic rings. The zero-order valence-electron chi connectivity index (χ0n) is 7.60. The Morgan fingerprint density at radius 3 is 2.85 bits per heavy atom. The lowest BCUT2D eigenvalue weighted by Crippen LogP contribution is -2.33. The molecule has 5 heteroatoms. The Morgan fingerprint density at radius 2 is 2.38 bits per heavy atom.